The first kappa shape index (κ1) is 17.6. The first-order chi connectivity index (χ1) is 13.1. The zero-order chi connectivity index (χ0) is 18.5. The SMILES string of the molecule is Cc1cc(C)c(B2c3cscc3[As](c3ccccc3)c3cscc32)c(C)c1. The first-order valence-corrected chi connectivity index (χ1v) is 13.9. The van der Waals surface area contributed by atoms with Crippen LogP contribution in [0.3, 0.4) is 0 Å². The summed E-state index contributed by atoms with van der Waals surface area (Å²) in [4.78, 5) is 0. The Balaban J connectivity index is 1.77. The molecular weight excluding hydrogens is 426 g/mol. The number of rotatable bonds is 2. The zero-order valence-electron chi connectivity index (χ0n) is 15.7. The van der Waals surface area contributed by atoms with Crippen LogP contribution in [-0.4, -0.2) is 21.4 Å². The Labute approximate surface area is 174 Å². The number of hydrogen-bond acceptors (Lipinski definition) is 2. The molecule has 27 heavy (non-hydrogen) atoms. The molecule has 0 amide bonds. The summed E-state index contributed by atoms with van der Waals surface area (Å²) in [5.41, 5.74) is 8.84. The van der Waals surface area contributed by atoms with Crippen LogP contribution in [0.5, 0.6) is 0 Å². The Morgan fingerprint density at radius 3 is 1.85 bits per heavy atom. The van der Waals surface area contributed by atoms with E-state index >= 15 is 0 Å². The average Bonchev–Trinajstić information content (AvgIpc) is 3.30. The standard InChI is InChI=1S/C23H20AsBS2/c1-15-9-16(2)23(17(3)10-15)25-21-13-26-11-19(21)24(18-7-5-4-6-8-18)20-12-27-14-22(20)25/h4-14H,1-3H3. The fraction of sp³-hybridized carbons (Fsp3) is 0.130. The summed E-state index contributed by atoms with van der Waals surface area (Å²) in [6, 6.07) is 15.9. The second kappa shape index (κ2) is 6.81. The van der Waals surface area contributed by atoms with Crippen LogP contribution in [0.2, 0.25) is 0 Å². The fourth-order valence-corrected chi connectivity index (χ4v) is 13.3. The molecule has 4 heteroatoms. The van der Waals surface area contributed by atoms with E-state index in [0.717, 1.165) is 0 Å². The fourth-order valence-electron chi connectivity index (χ4n) is 4.51. The summed E-state index contributed by atoms with van der Waals surface area (Å²) in [5, 5.41) is 9.72. The molecule has 1 aliphatic heterocycles. The molecule has 132 valence electrons. The zero-order valence-corrected chi connectivity index (χ0v) is 19.2. The summed E-state index contributed by atoms with van der Waals surface area (Å²) in [6.07, 6.45) is 0. The Morgan fingerprint density at radius 1 is 0.741 bits per heavy atom. The van der Waals surface area contributed by atoms with Crippen molar-refractivity contribution in [3.05, 3.63) is 80.7 Å². The van der Waals surface area contributed by atoms with E-state index in [4.69, 9.17) is 0 Å². The predicted molar refractivity (Wildman–Crippen MR) is 125 cm³/mol. The third kappa shape index (κ3) is 2.79. The van der Waals surface area contributed by atoms with Gasteiger partial charge in [-0.25, -0.2) is 0 Å². The monoisotopic (exact) mass is 446 g/mol. The molecule has 3 heterocycles. The van der Waals surface area contributed by atoms with Gasteiger partial charge in [0, 0.05) is 0 Å². The molecule has 0 bridgehead atoms. The van der Waals surface area contributed by atoms with Crippen LogP contribution in [0.1, 0.15) is 16.7 Å². The molecule has 0 nitrogen and oxygen atoms in total. The number of aryl methyl sites for hydroxylation is 3. The van der Waals surface area contributed by atoms with Crippen LogP contribution < -0.4 is 29.4 Å². The van der Waals surface area contributed by atoms with Gasteiger partial charge in [-0.1, -0.05) is 0 Å². The first-order valence-electron chi connectivity index (χ1n) is 9.20. The van der Waals surface area contributed by atoms with Crippen molar-refractivity contribution in [3.63, 3.8) is 0 Å². The summed E-state index contributed by atoms with van der Waals surface area (Å²) in [5.74, 6) is 0. The molecule has 0 atom stereocenters. The van der Waals surface area contributed by atoms with Gasteiger partial charge in [-0.15, -0.1) is 0 Å². The maximum atomic E-state index is 2.44. The molecular formula is C23H20AsBS2. The van der Waals surface area contributed by atoms with Gasteiger partial charge < -0.3 is 0 Å². The van der Waals surface area contributed by atoms with Gasteiger partial charge in [-0.05, 0) is 0 Å². The van der Waals surface area contributed by atoms with Gasteiger partial charge in [0.1, 0.15) is 0 Å². The van der Waals surface area contributed by atoms with Crippen molar-refractivity contribution in [2.75, 3.05) is 0 Å². The molecule has 4 aromatic rings. The van der Waals surface area contributed by atoms with Gasteiger partial charge in [0.2, 0.25) is 0 Å². The van der Waals surface area contributed by atoms with Crippen molar-refractivity contribution in [1.82, 2.24) is 0 Å². The molecule has 0 N–H and O–H groups in total. The third-order valence-electron chi connectivity index (χ3n) is 5.49. The Morgan fingerprint density at radius 2 is 1.30 bits per heavy atom. The van der Waals surface area contributed by atoms with Crippen molar-refractivity contribution in [2.24, 2.45) is 0 Å². The van der Waals surface area contributed by atoms with Gasteiger partial charge in [0.05, 0.1) is 0 Å². The molecule has 1 aliphatic rings. The number of fused-ring (bicyclic) bond motifs is 2. The normalized spacial score (nSPS) is 13.5. The van der Waals surface area contributed by atoms with E-state index < -0.39 is 14.7 Å². The Bertz CT molecular complexity index is 1060. The Kier molecular flexibility index (Phi) is 4.43. The van der Waals surface area contributed by atoms with Gasteiger partial charge in [0.25, 0.3) is 0 Å². The van der Waals surface area contributed by atoms with Crippen molar-refractivity contribution in [2.45, 2.75) is 20.8 Å². The van der Waals surface area contributed by atoms with Gasteiger partial charge >= 0.3 is 175 Å². The van der Waals surface area contributed by atoms with Crippen molar-refractivity contribution in [3.8, 4) is 0 Å². The predicted octanol–water partition coefficient (Wildman–Crippen LogP) is 2.08. The molecule has 0 spiro atoms. The van der Waals surface area contributed by atoms with Gasteiger partial charge in [-0.3, -0.25) is 0 Å². The molecule has 5 rings (SSSR count). The van der Waals surface area contributed by atoms with Crippen LogP contribution in [0, 0.1) is 20.8 Å². The van der Waals surface area contributed by atoms with Crippen LogP contribution in [0.15, 0.2) is 64.0 Å². The second-order valence-corrected chi connectivity index (χ2v) is 13.3. The Hall–Kier alpha value is -1.54. The van der Waals surface area contributed by atoms with E-state index in [-0.39, 0.29) is 0 Å². The minimum absolute atomic E-state index is 0.391. The molecule has 0 fully saturated rings. The van der Waals surface area contributed by atoms with E-state index in [1.807, 2.05) is 22.7 Å². The number of benzene rings is 2. The van der Waals surface area contributed by atoms with E-state index in [2.05, 4.69) is 84.8 Å². The molecule has 0 aliphatic carbocycles. The van der Waals surface area contributed by atoms with Crippen molar-refractivity contribution >= 4 is 73.5 Å². The average molecular weight is 446 g/mol. The molecule has 0 unspecified atom stereocenters. The van der Waals surface area contributed by atoms with Gasteiger partial charge in [0.15, 0.2) is 0 Å². The second-order valence-electron chi connectivity index (χ2n) is 7.34. The summed E-state index contributed by atoms with van der Waals surface area (Å²) >= 11 is 2.31. The molecule has 2 aromatic heterocycles. The van der Waals surface area contributed by atoms with Crippen LogP contribution in [-0.2, 0) is 0 Å². The maximum absolute atomic E-state index is 2.44. The van der Waals surface area contributed by atoms with Crippen LogP contribution in [0.25, 0.3) is 0 Å². The third-order valence-corrected chi connectivity index (χ3v) is 13.1. The quantitative estimate of drug-likeness (QED) is 0.365. The topological polar surface area (TPSA) is 0 Å². The van der Waals surface area contributed by atoms with Gasteiger partial charge in [-0.2, -0.15) is 0 Å². The number of hydrogen-bond donors (Lipinski definition) is 0. The van der Waals surface area contributed by atoms with E-state index in [1.54, 1.807) is 24.0 Å². The van der Waals surface area contributed by atoms with Crippen molar-refractivity contribution in [1.29, 1.82) is 0 Å². The summed E-state index contributed by atoms with van der Waals surface area (Å²) < 4.78 is 4.81. The van der Waals surface area contributed by atoms with Crippen LogP contribution in [0.4, 0.5) is 0 Å². The molecule has 0 saturated heterocycles. The van der Waals surface area contributed by atoms with E-state index in [9.17, 15) is 0 Å². The van der Waals surface area contributed by atoms with Crippen molar-refractivity contribution < 1.29 is 0 Å². The number of thiophene rings is 2. The van der Waals surface area contributed by atoms with E-state index in [0.29, 0.717) is 6.71 Å². The minimum atomic E-state index is -1.45. The molecule has 0 saturated carbocycles. The summed E-state index contributed by atoms with van der Waals surface area (Å²) in [7, 11) is 0. The summed E-state index contributed by atoms with van der Waals surface area (Å²) in [6.45, 7) is 7.17. The van der Waals surface area contributed by atoms with E-state index in [1.165, 1.54) is 22.2 Å². The van der Waals surface area contributed by atoms with Crippen LogP contribution >= 0.6 is 22.7 Å². The molecule has 0 radical (unpaired) electrons. The molecule has 2 aromatic carbocycles.